The number of hydrogen-bond acceptors (Lipinski definition) is 4. The van der Waals surface area contributed by atoms with Crippen LogP contribution in [-0.2, 0) is 13.0 Å². The first-order valence-electron chi connectivity index (χ1n) is 8.08. The maximum atomic E-state index is 5.90. The lowest BCUT2D eigenvalue weighted by atomic mass is 10.2. The van der Waals surface area contributed by atoms with Crippen LogP contribution in [0.2, 0.25) is 0 Å². The normalized spacial score (nSPS) is 12.7. The number of benzene rings is 1. The minimum Gasteiger partial charge on any atom is -0.459 e. The third-order valence-corrected chi connectivity index (χ3v) is 4.83. The van der Waals surface area contributed by atoms with Gasteiger partial charge in [-0.15, -0.1) is 35.3 Å². The van der Waals surface area contributed by atoms with Crippen LogP contribution in [0.25, 0.3) is 11.0 Å². The van der Waals surface area contributed by atoms with Crippen molar-refractivity contribution < 1.29 is 4.42 Å². The Labute approximate surface area is 169 Å². The highest BCUT2D eigenvalue weighted by molar-refractivity contribution is 14.0. The number of rotatable bonds is 5. The molecule has 25 heavy (non-hydrogen) atoms. The van der Waals surface area contributed by atoms with Gasteiger partial charge in [0.2, 0.25) is 0 Å². The number of aliphatic imine (C=N–C) groups is 1. The van der Waals surface area contributed by atoms with Crippen LogP contribution in [0.4, 0.5) is 0 Å². The number of nitrogens with zero attached hydrogens (tertiary/aromatic N) is 2. The van der Waals surface area contributed by atoms with Crippen molar-refractivity contribution in [3.8, 4) is 0 Å². The number of aryl methyl sites for hydroxylation is 1. The molecule has 3 aromatic rings. The Morgan fingerprint density at radius 3 is 2.84 bits per heavy atom. The van der Waals surface area contributed by atoms with Gasteiger partial charge in [-0.1, -0.05) is 25.1 Å². The fourth-order valence-electron chi connectivity index (χ4n) is 2.45. The van der Waals surface area contributed by atoms with Crippen molar-refractivity contribution in [1.82, 2.24) is 15.6 Å². The zero-order valence-electron chi connectivity index (χ0n) is 14.6. The van der Waals surface area contributed by atoms with Gasteiger partial charge in [0.1, 0.15) is 11.3 Å². The second-order valence-electron chi connectivity index (χ2n) is 5.56. The molecule has 0 bridgehead atoms. The fourth-order valence-corrected chi connectivity index (χ4v) is 3.20. The molecule has 5 nitrogen and oxygen atoms in total. The van der Waals surface area contributed by atoms with Crippen LogP contribution in [0.3, 0.4) is 0 Å². The van der Waals surface area contributed by atoms with Crippen LogP contribution in [0.15, 0.2) is 45.1 Å². The summed E-state index contributed by atoms with van der Waals surface area (Å²) in [5, 5.41) is 11.0. The Kier molecular flexibility index (Phi) is 7.24. The molecule has 3 rings (SSSR count). The summed E-state index contributed by atoms with van der Waals surface area (Å²) >= 11 is 1.70. The molecule has 1 aromatic carbocycles. The number of hydrogen-bond donors (Lipinski definition) is 2. The Hall–Kier alpha value is -1.61. The van der Waals surface area contributed by atoms with Crippen molar-refractivity contribution in [3.63, 3.8) is 0 Å². The third-order valence-electron chi connectivity index (χ3n) is 3.79. The number of furan rings is 1. The predicted molar refractivity (Wildman–Crippen MR) is 115 cm³/mol. The van der Waals surface area contributed by atoms with Gasteiger partial charge in [-0.25, -0.2) is 4.98 Å². The van der Waals surface area contributed by atoms with Crippen LogP contribution >= 0.6 is 35.3 Å². The predicted octanol–water partition coefficient (Wildman–Crippen LogP) is 4.50. The molecule has 0 radical (unpaired) electrons. The van der Waals surface area contributed by atoms with E-state index >= 15 is 0 Å². The molecular weight excluding hydrogens is 447 g/mol. The first-order chi connectivity index (χ1) is 11.7. The number of thiazole rings is 1. The van der Waals surface area contributed by atoms with Gasteiger partial charge >= 0.3 is 0 Å². The zero-order chi connectivity index (χ0) is 16.9. The minimum absolute atomic E-state index is 0. The molecule has 0 aliphatic carbocycles. The van der Waals surface area contributed by atoms with Crippen molar-refractivity contribution in [2.45, 2.75) is 32.9 Å². The van der Waals surface area contributed by atoms with E-state index in [1.54, 1.807) is 18.4 Å². The van der Waals surface area contributed by atoms with E-state index in [0.29, 0.717) is 6.54 Å². The number of fused-ring (bicyclic) bond motifs is 1. The van der Waals surface area contributed by atoms with E-state index in [9.17, 15) is 0 Å². The maximum Gasteiger partial charge on any atom is 0.191 e. The summed E-state index contributed by atoms with van der Waals surface area (Å²) in [7, 11) is 1.76. The molecule has 0 fully saturated rings. The molecule has 0 amide bonds. The second kappa shape index (κ2) is 9.19. The minimum atomic E-state index is 0. The van der Waals surface area contributed by atoms with Crippen molar-refractivity contribution in [2.75, 3.05) is 7.05 Å². The summed E-state index contributed by atoms with van der Waals surface area (Å²) in [6.45, 7) is 4.83. The van der Waals surface area contributed by atoms with Gasteiger partial charge < -0.3 is 15.1 Å². The topological polar surface area (TPSA) is 62.5 Å². The SMILES string of the molecule is CCc1nc(CNC(=NC)NC(C)c2cc3ccccc3o2)cs1.I. The quantitative estimate of drug-likeness (QED) is 0.328. The highest BCUT2D eigenvalue weighted by atomic mass is 127. The first-order valence-corrected chi connectivity index (χ1v) is 8.96. The van der Waals surface area contributed by atoms with Crippen LogP contribution in [0, 0.1) is 0 Å². The van der Waals surface area contributed by atoms with Gasteiger partial charge in [0.15, 0.2) is 5.96 Å². The van der Waals surface area contributed by atoms with E-state index in [2.05, 4.69) is 52.0 Å². The average Bonchev–Trinajstić information content (AvgIpc) is 3.24. The van der Waals surface area contributed by atoms with Gasteiger partial charge in [0.05, 0.1) is 23.3 Å². The van der Waals surface area contributed by atoms with Gasteiger partial charge in [-0.2, -0.15) is 0 Å². The van der Waals surface area contributed by atoms with Crippen molar-refractivity contribution in [1.29, 1.82) is 0 Å². The lowest BCUT2D eigenvalue weighted by molar-refractivity contribution is 0.488. The van der Waals surface area contributed by atoms with E-state index in [1.165, 1.54) is 0 Å². The zero-order valence-corrected chi connectivity index (χ0v) is 17.7. The van der Waals surface area contributed by atoms with E-state index < -0.39 is 0 Å². The fraction of sp³-hybridized carbons (Fsp3) is 0.333. The molecule has 0 aliphatic rings. The summed E-state index contributed by atoms with van der Waals surface area (Å²) in [6.07, 6.45) is 0.973. The van der Waals surface area contributed by atoms with E-state index in [1.807, 2.05) is 18.2 Å². The van der Waals surface area contributed by atoms with Crippen LogP contribution in [0.1, 0.15) is 36.4 Å². The summed E-state index contributed by atoms with van der Waals surface area (Å²) in [5.41, 5.74) is 1.94. The van der Waals surface area contributed by atoms with Gasteiger partial charge in [0.25, 0.3) is 0 Å². The van der Waals surface area contributed by atoms with E-state index in [0.717, 1.165) is 39.8 Å². The highest BCUT2D eigenvalue weighted by Gasteiger charge is 2.13. The molecule has 1 unspecified atom stereocenters. The Morgan fingerprint density at radius 1 is 1.36 bits per heavy atom. The number of para-hydroxylation sites is 1. The lowest BCUT2D eigenvalue weighted by Gasteiger charge is -2.15. The molecule has 134 valence electrons. The standard InChI is InChI=1S/C18H22N4OS.HI/c1-4-17-22-14(11-24-17)10-20-18(19-3)21-12(2)16-9-13-7-5-6-8-15(13)23-16;/h5-9,11-12H,4,10H2,1-3H3,(H2,19,20,21);1H. The first kappa shape index (κ1) is 19.7. The second-order valence-corrected chi connectivity index (χ2v) is 6.51. The molecule has 0 spiro atoms. The van der Waals surface area contributed by atoms with Crippen LogP contribution in [0.5, 0.6) is 0 Å². The van der Waals surface area contributed by atoms with E-state index in [-0.39, 0.29) is 30.0 Å². The molecule has 0 aliphatic heterocycles. The number of aromatic nitrogens is 1. The molecule has 2 aromatic heterocycles. The van der Waals surface area contributed by atoms with E-state index in [4.69, 9.17) is 4.42 Å². The van der Waals surface area contributed by atoms with Crippen molar-refractivity contribution in [2.24, 2.45) is 4.99 Å². The number of nitrogens with one attached hydrogen (secondary N) is 2. The van der Waals surface area contributed by atoms with Crippen molar-refractivity contribution >= 4 is 52.2 Å². The Balaban J connectivity index is 0.00000225. The third kappa shape index (κ3) is 4.94. The largest absolute Gasteiger partial charge is 0.459 e. The Bertz CT molecular complexity index is 809. The summed E-state index contributed by atoms with van der Waals surface area (Å²) < 4.78 is 5.90. The smallest absolute Gasteiger partial charge is 0.191 e. The van der Waals surface area contributed by atoms with Crippen LogP contribution in [-0.4, -0.2) is 18.0 Å². The molecule has 2 N–H and O–H groups in total. The molecule has 0 saturated carbocycles. The molecule has 1 atom stereocenters. The molecule has 0 saturated heterocycles. The van der Waals surface area contributed by atoms with Gasteiger partial charge in [0, 0.05) is 17.8 Å². The van der Waals surface area contributed by atoms with Gasteiger partial charge in [-0.3, -0.25) is 4.99 Å². The maximum absolute atomic E-state index is 5.90. The number of halogens is 1. The summed E-state index contributed by atoms with van der Waals surface area (Å²) in [4.78, 5) is 8.83. The average molecular weight is 470 g/mol. The number of guanidine groups is 1. The summed E-state index contributed by atoms with van der Waals surface area (Å²) in [6, 6.07) is 10.1. The Morgan fingerprint density at radius 2 is 2.16 bits per heavy atom. The molecule has 7 heteroatoms. The van der Waals surface area contributed by atoms with Crippen LogP contribution < -0.4 is 10.6 Å². The monoisotopic (exact) mass is 470 g/mol. The molecular formula is C18H23IN4OS. The van der Waals surface area contributed by atoms with Gasteiger partial charge in [-0.05, 0) is 25.5 Å². The van der Waals surface area contributed by atoms with Crippen molar-refractivity contribution in [3.05, 3.63) is 52.2 Å². The molecule has 2 heterocycles. The summed E-state index contributed by atoms with van der Waals surface area (Å²) in [5.74, 6) is 1.62. The lowest BCUT2D eigenvalue weighted by Crippen LogP contribution is -2.38. The highest BCUT2D eigenvalue weighted by Crippen LogP contribution is 2.23.